The summed E-state index contributed by atoms with van der Waals surface area (Å²) in [5.41, 5.74) is 18.6. The number of furan rings is 1. The lowest BCUT2D eigenvalue weighted by Gasteiger charge is -2.52. The first-order chi connectivity index (χ1) is 24.2. The van der Waals surface area contributed by atoms with Crippen molar-refractivity contribution in [2.45, 2.75) is 110 Å². The van der Waals surface area contributed by atoms with Gasteiger partial charge >= 0.3 is 0 Å². The van der Waals surface area contributed by atoms with E-state index < -0.39 is 0 Å². The highest BCUT2D eigenvalue weighted by atomic mass is 16.3. The fraction of sp³-hybridized carbons (Fsp3) is 0.362. The van der Waals surface area contributed by atoms with E-state index in [1.165, 1.54) is 98.0 Å². The fourth-order valence-electron chi connectivity index (χ4n) is 10.5. The van der Waals surface area contributed by atoms with Crippen molar-refractivity contribution < 1.29 is 4.42 Å². The van der Waals surface area contributed by atoms with Crippen LogP contribution in [0.15, 0.2) is 89.3 Å². The summed E-state index contributed by atoms with van der Waals surface area (Å²) in [5.74, 6) is 0. The van der Waals surface area contributed by atoms with Crippen molar-refractivity contribution in [2.24, 2.45) is 0 Å². The summed E-state index contributed by atoms with van der Waals surface area (Å²) in [6.45, 7) is 21.6. The molecule has 1 aromatic heterocycles. The minimum absolute atomic E-state index is 0.00441. The van der Waals surface area contributed by atoms with Gasteiger partial charge in [-0.1, -0.05) is 110 Å². The van der Waals surface area contributed by atoms with Crippen molar-refractivity contribution in [1.82, 2.24) is 0 Å². The predicted octanol–water partition coefficient (Wildman–Crippen LogP) is 10.8. The smallest absolute Gasteiger partial charge is 0.252 e. The van der Waals surface area contributed by atoms with Crippen LogP contribution in [0, 0.1) is 6.92 Å². The first kappa shape index (κ1) is 31.3. The minimum Gasteiger partial charge on any atom is -0.456 e. The highest BCUT2D eigenvalue weighted by Gasteiger charge is 2.61. The van der Waals surface area contributed by atoms with Gasteiger partial charge in [0.05, 0.1) is 5.54 Å². The maximum atomic E-state index is 6.62. The number of hydrogen-bond acceptors (Lipinski definition) is 3. The van der Waals surface area contributed by atoms with Crippen LogP contribution in [0.5, 0.6) is 0 Å². The zero-order valence-corrected chi connectivity index (χ0v) is 31.8. The number of fused-ring (bicyclic) bond motifs is 10. The molecular weight excluding hydrogens is 619 g/mol. The van der Waals surface area contributed by atoms with E-state index >= 15 is 0 Å². The average molecular weight is 669 g/mol. The van der Waals surface area contributed by atoms with Gasteiger partial charge in [-0.2, -0.15) is 0 Å². The number of benzene rings is 5. The van der Waals surface area contributed by atoms with Gasteiger partial charge in [0.25, 0.3) is 6.71 Å². The molecule has 1 aliphatic carbocycles. The Bertz CT molecular complexity index is 2460. The molecule has 2 atom stereocenters. The second-order valence-electron chi connectivity index (χ2n) is 18.6. The summed E-state index contributed by atoms with van der Waals surface area (Å²) >= 11 is 0. The van der Waals surface area contributed by atoms with Crippen molar-refractivity contribution >= 4 is 73.5 Å². The van der Waals surface area contributed by atoms with E-state index in [1.54, 1.807) is 5.56 Å². The van der Waals surface area contributed by atoms with Crippen LogP contribution in [-0.2, 0) is 16.2 Å². The summed E-state index contributed by atoms with van der Waals surface area (Å²) in [7, 11) is 0. The molecule has 3 aliphatic heterocycles. The van der Waals surface area contributed by atoms with Crippen LogP contribution in [0.2, 0.25) is 0 Å². The van der Waals surface area contributed by atoms with Gasteiger partial charge in [0.1, 0.15) is 11.2 Å². The zero-order valence-electron chi connectivity index (χ0n) is 31.8. The third kappa shape index (κ3) is 4.03. The van der Waals surface area contributed by atoms with Gasteiger partial charge < -0.3 is 14.2 Å². The molecule has 1 saturated carbocycles. The molecule has 0 radical (unpaired) electrons. The second-order valence-corrected chi connectivity index (χ2v) is 18.6. The van der Waals surface area contributed by atoms with Crippen LogP contribution in [0.3, 0.4) is 0 Å². The lowest BCUT2D eigenvalue weighted by molar-refractivity contribution is 0.195. The first-order valence-corrected chi connectivity index (χ1v) is 19.2. The predicted molar refractivity (Wildman–Crippen MR) is 218 cm³/mol. The third-order valence-corrected chi connectivity index (χ3v) is 13.5. The molecule has 5 aromatic carbocycles. The van der Waals surface area contributed by atoms with Crippen molar-refractivity contribution in [3.05, 3.63) is 107 Å². The molecule has 10 rings (SSSR count). The van der Waals surface area contributed by atoms with E-state index in [1.807, 2.05) is 0 Å². The van der Waals surface area contributed by atoms with Crippen molar-refractivity contribution in [3.8, 4) is 0 Å². The molecule has 6 aromatic rings. The van der Waals surface area contributed by atoms with Crippen LogP contribution >= 0.6 is 0 Å². The largest absolute Gasteiger partial charge is 0.456 e. The molecule has 4 heteroatoms. The SMILES string of the molecule is Cc1cc2c3c(c1)N1c4c(cc(C(C)(C)C)cc4C4(C)CCCCC14C)B3c1cc3c(cc1N2c1ccc(C(C)(C)C)cc1)oc1ccccc13. The number of nitrogens with zero attached hydrogens (tertiary/aromatic N) is 2. The van der Waals surface area contributed by atoms with E-state index in [2.05, 4.69) is 157 Å². The summed E-state index contributed by atoms with van der Waals surface area (Å²) < 4.78 is 6.62. The number of rotatable bonds is 1. The Balaban J connectivity index is 1.35. The Hall–Kier alpha value is -4.44. The number of para-hydroxylation sites is 1. The molecule has 3 nitrogen and oxygen atoms in total. The first-order valence-electron chi connectivity index (χ1n) is 19.2. The Morgan fingerprint density at radius 3 is 2.12 bits per heavy atom. The van der Waals surface area contributed by atoms with Gasteiger partial charge in [0, 0.05) is 50.7 Å². The second kappa shape index (κ2) is 9.91. The van der Waals surface area contributed by atoms with Crippen molar-refractivity contribution in [3.63, 3.8) is 0 Å². The van der Waals surface area contributed by atoms with Crippen molar-refractivity contribution in [2.75, 3.05) is 9.80 Å². The lowest BCUT2D eigenvalue weighted by Crippen LogP contribution is -2.64. The Kier molecular flexibility index (Phi) is 6.08. The molecule has 2 unspecified atom stereocenters. The van der Waals surface area contributed by atoms with E-state index in [0.717, 1.165) is 11.2 Å². The Labute approximate surface area is 303 Å². The van der Waals surface area contributed by atoms with Crippen LogP contribution in [0.4, 0.5) is 28.4 Å². The topological polar surface area (TPSA) is 19.6 Å². The summed E-state index contributed by atoms with van der Waals surface area (Å²) in [4.78, 5) is 5.40. The Morgan fingerprint density at radius 2 is 1.37 bits per heavy atom. The standard InChI is InChI=1S/C47H49BN2O/c1-28-22-38-42-39(23-28)50-43-34(46(8)20-12-13-21-47(46,50)9)24-30(45(5,6)7)25-36(43)48(42)35-26-33-32-14-10-11-15-40(32)51-41(33)27-37(35)49(38)31-18-16-29(17-19-31)44(2,3)4/h10-11,14-19,22-27H,12-13,20-21H2,1-9H3. The monoisotopic (exact) mass is 668 g/mol. The maximum Gasteiger partial charge on any atom is 0.252 e. The normalized spacial score (nSPS) is 21.9. The zero-order chi connectivity index (χ0) is 35.4. The molecule has 0 bridgehead atoms. The molecule has 4 heterocycles. The average Bonchev–Trinajstić information content (AvgIpc) is 3.54. The van der Waals surface area contributed by atoms with Gasteiger partial charge in [-0.05, 0) is 106 Å². The third-order valence-electron chi connectivity index (χ3n) is 13.5. The summed E-state index contributed by atoms with van der Waals surface area (Å²) in [6.07, 6.45) is 4.99. The van der Waals surface area contributed by atoms with Crippen LogP contribution in [0.1, 0.15) is 103 Å². The molecule has 51 heavy (non-hydrogen) atoms. The molecule has 0 spiro atoms. The number of hydrogen-bond donors (Lipinski definition) is 0. The van der Waals surface area contributed by atoms with Gasteiger partial charge in [0.15, 0.2) is 0 Å². The van der Waals surface area contributed by atoms with Gasteiger partial charge in [0.2, 0.25) is 0 Å². The molecule has 256 valence electrons. The molecule has 0 N–H and O–H groups in total. The molecule has 4 aliphatic rings. The number of aryl methyl sites for hydroxylation is 1. The van der Waals surface area contributed by atoms with Crippen LogP contribution in [-0.4, -0.2) is 12.3 Å². The maximum absolute atomic E-state index is 6.62. The quantitative estimate of drug-likeness (QED) is 0.162. The molecule has 0 saturated heterocycles. The molecule has 0 amide bonds. The lowest BCUT2D eigenvalue weighted by atomic mass is 9.33. The highest BCUT2D eigenvalue weighted by Crippen LogP contribution is 2.62. The summed E-state index contributed by atoms with van der Waals surface area (Å²) in [6, 6.07) is 32.9. The number of anilines is 5. The molecular formula is C47H49BN2O. The Morgan fingerprint density at radius 1 is 0.667 bits per heavy atom. The van der Waals surface area contributed by atoms with E-state index in [0.29, 0.717) is 0 Å². The van der Waals surface area contributed by atoms with E-state index in [9.17, 15) is 0 Å². The summed E-state index contributed by atoms with van der Waals surface area (Å²) in [5, 5.41) is 2.38. The van der Waals surface area contributed by atoms with Gasteiger partial charge in [-0.3, -0.25) is 0 Å². The van der Waals surface area contributed by atoms with E-state index in [-0.39, 0.29) is 28.5 Å². The van der Waals surface area contributed by atoms with Crippen molar-refractivity contribution in [1.29, 1.82) is 0 Å². The molecule has 1 fully saturated rings. The van der Waals surface area contributed by atoms with Gasteiger partial charge in [-0.15, -0.1) is 0 Å². The van der Waals surface area contributed by atoms with Gasteiger partial charge in [-0.25, -0.2) is 0 Å². The highest BCUT2D eigenvalue weighted by molar-refractivity contribution is 7.00. The minimum atomic E-state index is -0.00441. The van der Waals surface area contributed by atoms with Crippen LogP contribution < -0.4 is 26.2 Å². The fourth-order valence-corrected chi connectivity index (χ4v) is 10.5. The van der Waals surface area contributed by atoms with Crippen LogP contribution in [0.25, 0.3) is 21.9 Å². The van der Waals surface area contributed by atoms with E-state index in [4.69, 9.17) is 4.42 Å².